The molecule has 0 radical (unpaired) electrons. The first-order valence-electron chi connectivity index (χ1n) is 7.71. The van der Waals surface area contributed by atoms with Crippen molar-refractivity contribution < 1.29 is 18.3 Å². The number of ether oxygens (including phenoxy) is 1. The van der Waals surface area contributed by atoms with Crippen molar-refractivity contribution in [3.05, 3.63) is 47.9 Å². The number of piperidine rings is 1. The Morgan fingerprint density at radius 1 is 1.43 bits per heavy atom. The molecule has 1 aromatic heterocycles. The van der Waals surface area contributed by atoms with Crippen molar-refractivity contribution >= 4 is 5.91 Å². The Morgan fingerprint density at radius 3 is 2.91 bits per heavy atom. The molecule has 0 aliphatic carbocycles. The normalized spacial score (nSPS) is 18.0. The Morgan fingerprint density at radius 2 is 2.22 bits per heavy atom. The van der Waals surface area contributed by atoms with Gasteiger partial charge in [0, 0.05) is 19.0 Å². The van der Waals surface area contributed by atoms with Gasteiger partial charge in [0.05, 0.1) is 6.61 Å². The van der Waals surface area contributed by atoms with Gasteiger partial charge in [0.25, 0.3) is 5.91 Å². The number of hydrogen-bond donors (Lipinski definition) is 0. The lowest BCUT2D eigenvalue weighted by atomic mass is 9.98. The van der Waals surface area contributed by atoms with E-state index in [0.717, 1.165) is 19.4 Å². The van der Waals surface area contributed by atoms with Gasteiger partial charge < -0.3 is 14.1 Å². The minimum absolute atomic E-state index is 0.0947. The van der Waals surface area contributed by atoms with E-state index < -0.39 is 0 Å². The highest BCUT2D eigenvalue weighted by Gasteiger charge is 2.27. The summed E-state index contributed by atoms with van der Waals surface area (Å²) in [5.41, 5.74) is 0.380. The number of aryl methyl sites for hydroxylation is 1. The fourth-order valence-corrected chi connectivity index (χ4v) is 2.79. The monoisotopic (exact) mass is 318 g/mol. The smallest absolute Gasteiger partial charge is 0.276 e. The number of hydrogen-bond acceptors (Lipinski definition) is 4. The Kier molecular flexibility index (Phi) is 4.60. The molecule has 0 spiro atoms. The van der Waals surface area contributed by atoms with Gasteiger partial charge in [-0.05, 0) is 44.0 Å². The molecule has 2 heterocycles. The summed E-state index contributed by atoms with van der Waals surface area (Å²) < 4.78 is 23.7. The van der Waals surface area contributed by atoms with Crippen LogP contribution in [0.1, 0.15) is 29.1 Å². The number of oxazole rings is 1. The summed E-state index contributed by atoms with van der Waals surface area (Å²) in [6, 6.07) is 5.97. The molecule has 3 rings (SSSR count). The first kappa shape index (κ1) is 15.5. The molecule has 1 aliphatic heterocycles. The molecule has 122 valence electrons. The Labute approximate surface area is 134 Å². The second-order valence-electron chi connectivity index (χ2n) is 5.78. The third kappa shape index (κ3) is 3.70. The van der Waals surface area contributed by atoms with Crippen LogP contribution in [0.15, 0.2) is 35.1 Å². The predicted molar refractivity (Wildman–Crippen MR) is 81.8 cm³/mol. The molecule has 0 bridgehead atoms. The summed E-state index contributed by atoms with van der Waals surface area (Å²) in [6.07, 6.45) is 3.23. The van der Waals surface area contributed by atoms with E-state index in [0.29, 0.717) is 30.4 Å². The lowest BCUT2D eigenvalue weighted by Crippen LogP contribution is -2.41. The van der Waals surface area contributed by atoms with Crippen LogP contribution in [-0.2, 0) is 0 Å². The van der Waals surface area contributed by atoms with Crippen LogP contribution in [0.25, 0.3) is 0 Å². The van der Waals surface area contributed by atoms with Gasteiger partial charge in [-0.1, -0.05) is 0 Å². The molecule has 23 heavy (non-hydrogen) atoms. The molecular weight excluding hydrogens is 299 g/mol. The molecule has 5 nitrogen and oxygen atoms in total. The number of nitrogens with zero attached hydrogens (tertiary/aromatic N) is 2. The SMILES string of the molecule is Cc1ocnc1C(=O)N1CCCC(COc2ccc(F)cc2)C1. The summed E-state index contributed by atoms with van der Waals surface area (Å²) in [4.78, 5) is 18.3. The van der Waals surface area contributed by atoms with Crippen LogP contribution in [0.4, 0.5) is 4.39 Å². The van der Waals surface area contributed by atoms with Crippen molar-refractivity contribution in [2.75, 3.05) is 19.7 Å². The molecule has 1 aromatic carbocycles. The zero-order valence-corrected chi connectivity index (χ0v) is 13.0. The molecule has 0 saturated carbocycles. The number of rotatable bonds is 4. The summed E-state index contributed by atoms with van der Waals surface area (Å²) >= 11 is 0. The van der Waals surface area contributed by atoms with E-state index in [1.165, 1.54) is 18.5 Å². The summed E-state index contributed by atoms with van der Waals surface area (Å²) in [5.74, 6) is 1.06. The second-order valence-corrected chi connectivity index (χ2v) is 5.78. The number of likely N-dealkylation sites (tertiary alicyclic amines) is 1. The van der Waals surface area contributed by atoms with E-state index in [1.54, 1.807) is 24.0 Å². The van der Waals surface area contributed by atoms with Gasteiger partial charge in [0.2, 0.25) is 0 Å². The highest BCUT2D eigenvalue weighted by atomic mass is 19.1. The highest BCUT2D eigenvalue weighted by molar-refractivity contribution is 5.93. The van der Waals surface area contributed by atoms with Gasteiger partial charge in [-0.3, -0.25) is 4.79 Å². The number of halogens is 1. The van der Waals surface area contributed by atoms with Crippen LogP contribution in [0.2, 0.25) is 0 Å². The van der Waals surface area contributed by atoms with Crippen LogP contribution in [-0.4, -0.2) is 35.5 Å². The maximum absolute atomic E-state index is 12.9. The summed E-state index contributed by atoms with van der Waals surface area (Å²) in [7, 11) is 0. The van der Waals surface area contributed by atoms with Crippen molar-refractivity contribution in [3.63, 3.8) is 0 Å². The van der Waals surface area contributed by atoms with Gasteiger partial charge in [-0.25, -0.2) is 9.37 Å². The topological polar surface area (TPSA) is 55.6 Å². The average Bonchev–Trinajstić information content (AvgIpc) is 3.00. The fourth-order valence-electron chi connectivity index (χ4n) is 2.79. The molecule has 1 saturated heterocycles. The van der Waals surface area contributed by atoms with Crippen LogP contribution < -0.4 is 4.74 Å². The van der Waals surface area contributed by atoms with E-state index in [4.69, 9.17) is 9.15 Å². The lowest BCUT2D eigenvalue weighted by molar-refractivity contribution is 0.0626. The molecule has 1 aliphatic rings. The lowest BCUT2D eigenvalue weighted by Gasteiger charge is -2.32. The van der Waals surface area contributed by atoms with Crippen LogP contribution in [0.3, 0.4) is 0 Å². The van der Waals surface area contributed by atoms with Gasteiger partial charge in [0.15, 0.2) is 12.1 Å². The fraction of sp³-hybridized carbons (Fsp3) is 0.412. The molecule has 1 atom stereocenters. The number of carbonyl (C=O) groups excluding carboxylic acids is 1. The van der Waals surface area contributed by atoms with Crippen LogP contribution >= 0.6 is 0 Å². The summed E-state index contributed by atoms with van der Waals surface area (Å²) in [6.45, 7) is 3.59. The van der Waals surface area contributed by atoms with Gasteiger partial charge in [-0.15, -0.1) is 0 Å². The van der Waals surface area contributed by atoms with E-state index >= 15 is 0 Å². The second kappa shape index (κ2) is 6.81. The molecule has 6 heteroatoms. The zero-order chi connectivity index (χ0) is 16.2. The number of aromatic nitrogens is 1. The quantitative estimate of drug-likeness (QED) is 0.869. The predicted octanol–water partition coefficient (Wildman–Crippen LogP) is 3.05. The molecular formula is C17H19FN2O3. The molecule has 1 unspecified atom stereocenters. The van der Waals surface area contributed by atoms with Crippen molar-refractivity contribution in [2.24, 2.45) is 5.92 Å². The first-order valence-corrected chi connectivity index (χ1v) is 7.71. The Balaban J connectivity index is 1.57. The number of benzene rings is 1. The van der Waals surface area contributed by atoms with E-state index in [1.807, 2.05) is 0 Å². The Hall–Kier alpha value is -2.37. The Bertz CT molecular complexity index is 669. The van der Waals surface area contributed by atoms with Crippen molar-refractivity contribution in [2.45, 2.75) is 19.8 Å². The van der Waals surface area contributed by atoms with Crippen LogP contribution in [0, 0.1) is 18.7 Å². The minimum Gasteiger partial charge on any atom is -0.493 e. The van der Waals surface area contributed by atoms with E-state index in [-0.39, 0.29) is 17.6 Å². The van der Waals surface area contributed by atoms with E-state index in [2.05, 4.69) is 4.98 Å². The molecule has 2 aromatic rings. The maximum Gasteiger partial charge on any atom is 0.276 e. The third-order valence-electron chi connectivity index (χ3n) is 4.05. The standard InChI is InChI=1S/C17H19FN2O3/c1-12-16(19-11-23-12)17(21)20-8-2-3-13(9-20)10-22-15-6-4-14(18)5-7-15/h4-7,11,13H,2-3,8-10H2,1H3. The molecule has 1 amide bonds. The minimum atomic E-state index is -0.283. The summed E-state index contributed by atoms with van der Waals surface area (Å²) in [5, 5.41) is 0. The third-order valence-corrected chi connectivity index (χ3v) is 4.05. The van der Waals surface area contributed by atoms with Crippen molar-refractivity contribution in [3.8, 4) is 5.75 Å². The van der Waals surface area contributed by atoms with Gasteiger partial charge in [-0.2, -0.15) is 0 Å². The van der Waals surface area contributed by atoms with Crippen molar-refractivity contribution in [1.29, 1.82) is 0 Å². The van der Waals surface area contributed by atoms with Gasteiger partial charge in [0.1, 0.15) is 17.3 Å². The maximum atomic E-state index is 12.9. The highest BCUT2D eigenvalue weighted by Crippen LogP contribution is 2.21. The van der Waals surface area contributed by atoms with Crippen LogP contribution in [0.5, 0.6) is 5.75 Å². The first-order chi connectivity index (χ1) is 11.1. The van der Waals surface area contributed by atoms with E-state index in [9.17, 15) is 9.18 Å². The number of carbonyl (C=O) groups is 1. The van der Waals surface area contributed by atoms with Gasteiger partial charge >= 0.3 is 0 Å². The molecule has 0 N–H and O–H groups in total. The largest absolute Gasteiger partial charge is 0.493 e. The zero-order valence-electron chi connectivity index (χ0n) is 13.0. The number of amides is 1. The average molecular weight is 318 g/mol. The van der Waals surface area contributed by atoms with Crippen molar-refractivity contribution in [1.82, 2.24) is 9.88 Å². The molecule has 1 fully saturated rings.